The van der Waals surface area contributed by atoms with Gasteiger partial charge in [0.25, 0.3) is 11.8 Å². The predicted molar refractivity (Wildman–Crippen MR) is 127 cm³/mol. The molecule has 2 aliphatic carbocycles. The van der Waals surface area contributed by atoms with Crippen LogP contribution in [0.1, 0.15) is 85.7 Å². The first kappa shape index (κ1) is 23.3. The van der Waals surface area contributed by atoms with Crippen LogP contribution in [0, 0.1) is 0 Å². The van der Waals surface area contributed by atoms with Crippen molar-refractivity contribution in [2.45, 2.75) is 88.9 Å². The lowest BCUT2D eigenvalue weighted by atomic mass is 9.94. The first-order chi connectivity index (χ1) is 16.4. The van der Waals surface area contributed by atoms with Gasteiger partial charge in [-0.15, -0.1) is 0 Å². The zero-order valence-electron chi connectivity index (χ0n) is 20.6. The van der Waals surface area contributed by atoms with Crippen LogP contribution in [-0.4, -0.2) is 93.1 Å². The van der Waals surface area contributed by atoms with Crippen LogP contribution in [-0.2, 0) is 11.3 Å². The minimum Gasteiger partial charge on any atom is -0.351 e. The maximum atomic E-state index is 13.2. The van der Waals surface area contributed by atoms with Crippen molar-refractivity contribution >= 4 is 17.7 Å². The van der Waals surface area contributed by atoms with Crippen molar-refractivity contribution in [3.63, 3.8) is 0 Å². The fourth-order valence-electron chi connectivity index (χ4n) is 6.14. The van der Waals surface area contributed by atoms with Crippen molar-refractivity contribution < 1.29 is 14.4 Å². The summed E-state index contributed by atoms with van der Waals surface area (Å²) < 4.78 is 1.56. The van der Waals surface area contributed by atoms with Crippen LogP contribution in [0.25, 0.3) is 0 Å². The maximum Gasteiger partial charge on any atom is 0.274 e. The number of amides is 3. The third-order valence-corrected chi connectivity index (χ3v) is 8.59. The number of nitrogens with one attached hydrogen (secondary N) is 1. The Labute approximate surface area is 201 Å². The maximum absolute atomic E-state index is 13.2. The fraction of sp³-hybridized carbons (Fsp3) is 0.760. The Morgan fingerprint density at radius 1 is 1.00 bits per heavy atom. The van der Waals surface area contributed by atoms with Crippen molar-refractivity contribution in [3.8, 4) is 0 Å². The molecule has 3 fully saturated rings. The largest absolute Gasteiger partial charge is 0.351 e. The van der Waals surface area contributed by atoms with Gasteiger partial charge < -0.3 is 15.1 Å². The van der Waals surface area contributed by atoms with E-state index in [0.29, 0.717) is 30.5 Å². The number of hydrogen-bond donors (Lipinski definition) is 1. The highest BCUT2D eigenvalue weighted by Gasteiger charge is 2.47. The van der Waals surface area contributed by atoms with Crippen molar-refractivity contribution in [3.05, 3.63) is 17.5 Å². The molecule has 4 aliphatic rings. The van der Waals surface area contributed by atoms with Crippen molar-refractivity contribution in [2.75, 3.05) is 33.2 Å². The molecule has 9 heteroatoms. The van der Waals surface area contributed by atoms with E-state index in [9.17, 15) is 14.4 Å². The van der Waals surface area contributed by atoms with Gasteiger partial charge in [0.1, 0.15) is 11.2 Å². The highest BCUT2D eigenvalue weighted by Crippen LogP contribution is 2.28. The zero-order chi connectivity index (χ0) is 23.9. The lowest BCUT2D eigenvalue weighted by Gasteiger charge is -2.41. The Kier molecular flexibility index (Phi) is 6.39. The van der Waals surface area contributed by atoms with Gasteiger partial charge in [0.2, 0.25) is 5.91 Å². The molecule has 1 unspecified atom stereocenters. The zero-order valence-corrected chi connectivity index (χ0v) is 20.6. The second-order valence-electron chi connectivity index (χ2n) is 10.8. The molecule has 0 bridgehead atoms. The number of carbonyl (C=O) groups excluding carboxylic acids is 3. The summed E-state index contributed by atoms with van der Waals surface area (Å²) in [6, 6.07) is 2.44. The number of hydrogen-bond acceptors (Lipinski definition) is 5. The number of carbonyl (C=O) groups is 3. The standard InChI is InChI=1S/C25H38N6O3/c1-25(24(34)26-18-8-6-7-9-18)17-31-21(23(33)28(25)2)16-20(27-31)22(32)30-14-12-29(13-15-30)19-10-4-3-5-11-19/h16,18-19H,3-15,17H2,1-2H3,(H,26,34). The first-order valence-corrected chi connectivity index (χ1v) is 13.1. The topological polar surface area (TPSA) is 90.8 Å². The molecule has 186 valence electrons. The van der Waals surface area contributed by atoms with Gasteiger partial charge in [-0.25, -0.2) is 0 Å². The summed E-state index contributed by atoms with van der Waals surface area (Å²) in [5.74, 6) is -0.551. The molecule has 34 heavy (non-hydrogen) atoms. The molecule has 0 radical (unpaired) electrons. The van der Waals surface area contributed by atoms with Crippen molar-refractivity contribution in [2.24, 2.45) is 0 Å². The molecular weight excluding hydrogens is 432 g/mol. The number of aromatic nitrogens is 2. The van der Waals surface area contributed by atoms with Gasteiger partial charge in [-0.05, 0) is 32.6 Å². The van der Waals surface area contributed by atoms with E-state index in [1.807, 2.05) is 4.90 Å². The molecule has 2 saturated carbocycles. The van der Waals surface area contributed by atoms with Crippen molar-refractivity contribution in [1.82, 2.24) is 29.8 Å². The molecule has 0 aromatic carbocycles. The minimum absolute atomic E-state index is 0.127. The highest BCUT2D eigenvalue weighted by molar-refractivity contribution is 6.01. The van der Waals surface area contributed by atoms with Gasteiger partial charge in [-0.3, -0.25) is 24.0 Å². The van der Waals surface area contributed by atoms with Crippen LogP contribution in [0.5, 0.6) is 0 Å². The molecule has 1 aromatic heterocycles. The van der Waals surface area contributed by atoms with Gasteiger partial charge >= 0.3 is 0 Å². The molecule has 1 N–H and O–H groups in total. The summed E-state index contributed by atoms with van der Waals surface area (Å²) in [6.45, 7) is 5.19. The van der Waals surface area contributed by atoms with E-state index >= 15 is 0 Å². The van der Waals surface area contributed by atoms with Gasteiger partial charge in [-0.2, -0.15) is 5.10 Å². The average Bonchev–Trinajstić information content (AvgIpc) is 3.53. The van der Waals surface area contributed by atoms with Crippen molar-refractivity contribution in [1.29, 1.82) is 0 Å². The summed E-state index contributed by atoms with van der Waals surface area (Å²) in [5.41, 5.74) is -0.369. The second kappa shape index (κ2) is 9.32. The van der Waals surface area contributed by atoms with Crippen LogP contribution >= 0.6 is 0 Å². The van der Waals surface area contributed by atoms with E-state index in [2.05, 4.69) is 15.3 Å². The van der Waals surface area contributed by atoms with E-state index < -0.39 is 5.54 Å². The third-order valence-electron chi connectivity index (χ3n) is 8.59. The van der Waals surface area contributed by atoms with Crippen LogP contribution < -0.4 is 5.32 Å². The number of piperazine rings is 1. The van der Waals surface area contributed by atoms with Crippen LogP contribution in [0.2, 0.25) is 0 Å². The van der Waals surface area contributed by atoms with E-state index in [1.165, 1.54) is 37.0 Å². The van der Waals surface area contributed by atoms with E-state index in [-0.39, 0.29) is 30.3 Å². The average molecular weight is 471 g/mol. The molecule has 3 heterocycles. The van der Waals surface area contributed by atoms with Gasteiger partial charge in [-0.1, -0.05) is 32.1 Å². The van der Waals surface area contributed by atoms with E-state index in [4.69, 9.17) is 0 Å². The Balaban J connectivity index is 1.26. The molecular formula is C25H38N6O3. The Hall–Kier alpha value is -2.42. The molecule has 5 rings (SSSR count). The Morgan fingerprint density at radius 3 is 2.32 bits per heavy atom. The SMILES string of the molecule is CN1C(=O)c2cc(C(=O)N3CCN(C4CCCCC4)CC3)nn2CC1(C)C(=O)NC1CCCC1. The number of rotatable bonds is 4. The summed E-state index contributed by atoms with van der Waals surface area (Å²) in [5, 5.41) is 7.64. The normalized spacial score (nSPS) is 27.2. The van der Waals surface area contributed by atoms with E-state index in [1.54, 1.807) is 24.7 Å². The monoisotopic (exact) mass is 470 g/mol. The molecule has 1 saturated heterocycles. The van der Waals surface area contributed by atoms with E-state index in [0.717, 1.165) is 38.8 Å². The second-order valence-corrected chi connectivity index (χ2v) is 10.8. The third kappa shape index (κ3) is 4.23. The van der Waals surface area contributed by atoms with Gasteiger partial charge in [0.15, 0.2) is 5.69 Å². The summed E-state index contributed by atoms with van der Waals surface area (Å²) in [7, 11) is 1.67. The molecule has 0 spiro atoms. The lowest BCUT2D eigenvalue weighted by molar-refractivity contribution is -0.133. The van der Waals surface area contributed by atoms with Gasteiger partial charge in [0.05, 0.1) is 6.54 Å². The minimum atomic E-state index is -1.04. The number of fused-ring (bicyclic) bond motifs is 1. The molecule has 1 atom stereocenters. The molecule has 2 aliphatic heterocycles. The Bertz CT molecular complexity index is 940. The lowest BCUT2D eigenvalue weighted by Crippen LogP contribution is -2.63. The fourth-order valence-corrected chi connectivity index (χ4v) is 6.14. The van der Waals surface area contributed by atoms with Crippen LogP contribution in [0.3, 0.4) is 0 Å². The first-order valence-electron chi connectivity index (χ1n) is 13.1. The Morgan fingerprint density at radius 2 is 1.65 bits per heavy atom. The summed E-state index contributed by atoms with van der Waals surface area (Å²) in [4.78, 5) is 45.5. The molecule has 9 nitrogen and oxygen atoms in total. The molecule has 1 aromatic rings. The van der Waals surface area contributed by atoms with Gasteiger partial charge in [0, 0.05) is 51.4 Å². The summed E-state index contributed by atoms with van der Waals surface area (Å²) >= 11 is 0. The summed E-state index contributed by atoms with van der Waals surface area (Å²) in [6.07, 6.45) is 10.7. The molecule has 3 amide bonds. The predicted octanol–water partition coefficient (Wildman–Crippen LogP) is 1.88. The number of likely N-dealkylation sites (N-methyl/N-ethyl adjacent to an activating group) is 1. The quantitative estimate of drug-likeness (QED) is 0.726. The highest BCUT2D eigenvalue weighted by atomic mass is 16.2. The van der Waals surface area contributed by atoms with Crippen LogP contribution in [0.15, 0.2) is 6.07 Å². The smallest absolute Gasteiger partial charge is 0.274 e. The van der Waals surface area contributed by atoms with Crippen LogP contribution in [0.4, 0.5) is 0 Å². The number of nitrogens with zero attached hydrogens (tertiary/aromatic N) is 5.